The molecule has 2 fully saturated rings. The number of carbonyl (C=O) groups is 2. The summed E-state index contributed by atoms with van der Waals surface area (Å²) in [6.07, 6.45) is 3.94. The number of fused-ring (bicyclic) bond motifs is 2. The van der Waals surface area contributed by atoms with Crippen molar-refractivity contribution in [3.8, 4) is 0 Å². The topological polar surface area (TPSA) is 131 Å². The number of ether oxygens (including phenoxy) is 1. The highest BCUT2D eigenvalue weighted by atomic mass is 19.1. The van der Waals surface area contributed by atoms with Crippen LogP contribution in [-0.2, 0) is 4.74 Å². The maximum Gasteiger partial charge on any atom is 0.410 e. The van der Waals surface area contributed by atoms with Gasteiger partial charge in [-0.2, -0.15) is 0 Å². The zero-order valence-electron chi connectivity index (χ0n) is 16.0. The van der Waals surface area contributed by atoms with E-state index in [1.807, 2.05) is 0 Å². The normalized spacial score (nSPS) is 18.3. The first kappa shape index (κ1) is 19.0. The summed E-state index contributed by atoms with van der Waals surface area (Å²) in [5, 5.41) is 6.49. The summed E-state index contributed by atoms with van der Waals surface area (Å²) in [5.74, 6) is -2.13. The van der Waals surface area contributed by atoms with Gasteiger partial charge < -0.3 is 20.7 Å². The van der Waals surface area contributed by atoms with Gasteiger partial charge in [0, 0.05) is 19.6 Å². The molecule has 160 valence electrons. The Kier molecular flexibility index (Phi) is 4.30. The molecule has 31 heavy (non-hydrogen) atoms. The molecule has 0 bridgehead atoms. The SMILES string of the molecule is Nc1nn2cc(F)cnc2c1C(=O)Nc1cncc(F)c1N1CCN2C(=O)OCC2C1. The number of cyclic esters (lactones) is 1. The Labute approximate surface area is 173 Å². The van der Waals surface area contributed by atoms with Crippen molar-refractivity contribution in [1.29, 1.82) is 0 Å². The lowest BCUT2D eigenvalue weighted by molar-refractivity contribution is 0.102. The van der Waals surface area contributed by atoms with E-state index in [-0.39, 0.29) is 47.1 Å². The Hall–Kier alpha value is -4.03. The molecule has 0 aromatic carbocycles. The first-order valence-electron chi connectivity index (χ1n) is 9.35. The smallest absolute Gasteiger partial charge is 0.410 e. The minimum absolute atomic E-state index is 0.0533. The number of rotatable bonds is 3. The van der Waals surface area contributed by atoms with Crippen LogP contribution >= 0.6 is 0 Å². The predicted octanol–water partition coefficient (Wildman–Crippen LogP) is 0.878. The van der Waals surface area contributed by atoms with E-state index in [9.17, 15) is 18.4 Å². The lowest BCUT2D eigenvalue weighted by atomic mass is 10.1. The van der Waals surface area contributed by atoms with E-state index in [0.717, 1.165) is 23.1 Å². The van der Waals surface area contributed by atoms with Crippen LogP contribution in [-0.4, -0.2) is 68.8 Å². The van der Waals surface area contributed by atoms with E-state index in [4.69, 9.17) is 10.5 Å². The van der Waals surface area contributed by atoms with Crippen LogP contribution in [0.1, 0.15) is 10.4 Å². The monoisotopic (exact) mass is 430 g/mol. The van der Waals surface area contributed by atoms with Crippen molar-refractivity contribution < 1.29 is 23.1 Å². The zero-order chi connectivity index (χ0) is 21.7. The molecule has 3 N–H and O–H groups in total. The molecule has 2 aliphatic rings. The zero-order valence-corrected chi connectivity index (χ0v) is 16.0. The average molecular weight is 430 g/mol. The highest BCUT2D eigenvalue weighted by Gasteiger charge is 2.38. The van der Waals surface area contributed by atoms with Crippen LogP contribution in [0, 0.1) is 11.6 Å². The number of halogens is 2. The van der Waals surface area contributed by atoms with Gasteiger partial charge in [0.1, 0.15) is 17.9 Å². The molecule has 2 saturated heterocycles. The Morgan fingerprint density at radius 3 is 2.94 bits per heavy atom. The molecule has 3 aromatic heterocycles. The lowest BCUT2D eigenvalue weighted by Crippen LogP contribution is -2.52. The van der Waals surface area contributed by atoms with E-state index < -0.39 is 17.5 Å². The summed E-state index contributed by atoms with van der Waals surface area (Å²) >= 11 is 0. The largest absolute Gasteiger partial charge is 0.447 e. The standard InChI is InChI=1S/C18H16F2N8O3/c19-9-3-23-16-13(15(21)25-28(16)6-9)17(29)24-12-5-22-4-11(20)14(12)26-1-2-27-10(7-26)8-31-18(27)30/h3-6,10H,1-2,7-8H2,(H2,21,25)(H,24,29). The molecular weight excluding hydrogens is 414 g/mol. The van der Waals surface area contributed by atoms with Gasteiger partial charge in [-0.25, -0.2) is 23.1 Å². The molecule has 5 rings (SSSR count). The quantitative estimate of drug-likeness (QED) is 0.626. The number of hydrogen-bond donors (Lipinski definition) is 2. The number of nitrogen functional groups attached to an aromatic ring is 1. The fourth-order valence-electron chi connectivity index (χ4n) is 3.86. The number of amides is 2. The van der Waals surface area contributed by atoms with Gasteiger partial charge in [0.2, 0.25) is 0 Å². The summed E-state index contributed by atoms with van der Waals surface area (Å²) in [5.41, 5.74) is 6.06. The number of piperazine rings is 1. The van der Waals surface area contributed by atoms with Gasteiger partial charge in [-0.05, 0) is 0 Å². The second-order valence-electron chi connectivity index (χ2n) is 7.14. The molecule has 0 radical (unpaired) electrons. The van der Waals surface area contributed by atoms with Gasteiger partial charge in [-0.1, -0.05) is 0 Å². The van der Waals surface area contributed by atoms with Gasteiger partial charge in [-0.3, -0.25) is 14.7 Å². The third kappa shape index (κ3) is 3.14. The Morgan fingerprint density at radius 1 is 1.26 bits per heavy atom. The fourth-order valence-corrected chi connectivity index (χ4v) is 3.86. The van der Waals surface area contributed by atoms with Crippen molar-refractivity contribution >= 4 is 34.8 Å². The molecule has 5 heterocycles. The molecule has 0 spiro atoms. The predicted molar refractivity (Wildman–Crippen MR) is 104 cm³/mol. The second kappa shape index (κ2) is 7.04. The summed E-state index contributed by atoms with van der Waals surface area (Å²) in [6.45, 7) is 1.24. The lowest BCUT2D eigenvalue weighted by Gasteiger charge is -2.37. The van der Waals surface area contributed by atoms with Crippen LogP contribution in [0.15, 0.2) is 24.8 Å². The average Bonchev–Trinajstić information content (AvgIpc) is 3.26. The summed E-state index contributed by atoms with van der Waals surface area (Å²) in [6, 6.07) is -0.216. The summed E-state index contributed by atoms with van der Waals surface area (Å²) in [4.78, 5) is 35.7. The number of aromatic nitrogens is 4. The number of hydrogen-bond acceptors (Lipinski definition) is 8. The van der Waals surface area contributed by atoms with E-state index in [2.05, 4.69) is 20.4 Å². The van der Waals surface area contributed by atoms with Crippen molar-refractivity contribution in [2.45, 2.75) is 6.04 Å². The van der Waals surface area contributed by atoms with Crippen molar-refractivity contribution in [1.82, 2.24) is 24.5 Å². The van der Waals surface area contributed by atoms with Crippen LogP contribution in [0.5, 0.6) is 0 Å². The van der Waals surface area contributed by atoms with E-state index >= 15 is 0 Å². The van der Waals surface area contributed by atoms with Crippen molar-refractivity contribution in [3.05, 3.63) is 42.0 Å². The Bertz CT molecular complexity index is 1220. The summed E-state index contributed by atoms with van der Waals surface area (Å²) in [7, 11) is 0. The van der Waals surface area contributed by atoms with E-state index in [1.54, 1.807) is 9.80 Å². The van der Waals surface area contributed by atoms with Crippen LogP contribution in [0.25, 0.3) is 5.65 Å². The number of nitrogens with zero attached hydrogens (tertiary/aromatic N) is 6. The van der Waals surface area contributed by atoms with E-state index in [0.29, 0.717) is 19.6 Å². The van der Waals surface area contributed by atoms with Gasteiger partial charge >= 0.3 is 6.09 Å². The highest BCUT2D eigenvalue weighted by molar-refractivity contribution is 6.12. The minimum atomic E-state index is -0.696. The van der Waals surface area contributed by atoms with Crippen LogP contribution in [0.2, 0.25) is 0 Å². The second-order valence-corrected chi connectivity index (χ2v) is 7.14. The molecule has 0 saturated carbocycles. The molecule has 0 aliphatic carbocycles. The third-order valence-corrected chi connectivity index (χ3v) is 5.25. The van der Waals surface area contributed by atoms with Crippen LogP contribution in [0.4, 0.5) is 30.8 Å². The first-order valence-corrected chi connectivity index (χ1v) is 9.35. The molecular formula is C18H16F2N8O3. The van der Waals surface area contributed by atoms with Crippen LogP contribution in [0.3, 0.4) is 0 Å². The van der Waals surface area contributed by atoms with Gasteiger partial charge in [0.05, 0.1) is 36.5 Å². The molecule has 2 aliphatic heterocycles. The molecule has 1 unspecified atom stereocenters. The third-order valence-electron chi connectivity index (χ3n) is 5.25. The van der Waals surface area contributed by atoms with E-state index in [1.165, 1.54) is 6.20 Å². The maximum absolute atomic E-state index is 14.8. The molecule has 3 aromatic rings. The molecule has 13 heteroatoms. The number of anilines is 3. The summed E-state index contributed by atoms with van der Waals surface area (Å²) < 4.78 is 34.3. The molecule has 2 amide bonds. The number of nitrogens with two attached hydrogens (primary N) is 1. The number of pyridine rings is 1. The first-order chi connectivity index (χ1) is 14.9. The van der Waals surface area contributed by atoms with Gasteiger partial charge in [0.15, 0.2) is 23.1 Å². The molecule has 1 atom stereocenters. The van der Waals surface area contributed by atoms with Crippen molar-refractivity contribution in [2.75, 3.05) is 42.2 Å². The van der Waals surface area contributed by atoms with Crippen molar-refractivity contribution in [2.24, 2.45) is 0 Å². The fraction of sp³-hybridized carbons (Fsp3) is 0.278. The van der Waals surface area contributed by atoms with Crippen LogP contribution < -0.4 is 16.0 Å². The molecule has 11 nitrogen and oxygen atoms in total. The van der Waals surface area contributed by atoms with Crippen molar-refractivity contribution in [3.63, 3.8) is 0 Å². The Morgan fingerprint density at radius 2 is 2.10 bits per heavy atom. The maximum atomic E-state index is 14.8. The Balaban J connectivity index is 1.46. The number of nitrogens with one attached hydrogen (secondary N) is 1. The highest BCUT2D eigenvalue weighted by Crippen LogP contribution is 2.32. The number of carbonyl (C=O) groups excluding carboxylic acids is 2. The minimum Gasteiger partial charge on any atom is -0.447 e. The van der Waals surface area contributed by atoms with Gasteiger partial charge in [0.25, 0.3) is 5.91 Å². The van der Waals surface area contributed by atoms with Gasteiger partial charge in [-0.15, -0.1) is 5.10 Å².